The molecule has 0 aliphatic carbocycles. The van der Waals surface area contributed by atoms with Crippen molar-refractivity contribution in [3.63, 3.8) is 0 Å². The quantitative estimate of drug-likeness (QED) is 0.618. The van der Waals surface area contributed by atoms with Gasteiger partial charge in [0.15, 0.2) is 0 Å². The van der Waals surface area contributed by atoms with Crippen LogP contribution in [0.25, 0.3) is 0 Å². The maximum atomic E-state index is 10.4. The molecule has 0 bridgehead atoms. The number of para-hydroxylation sites is 1. The highest BCUT2D eigenvalue weighted by Crippen LogP contribution is 2.10. The summed E-state index contributed by atoms with van der Waals surface area (Å²) in [5.74, 6) is -0.870. The number of nitrogen functional groups attached to an aromatic ring is 1. The SMILES string of the molecule is Nc1ccccc1.O=C(O)c1ccccc1I. The minimum atomic E-state index is -0.870. The Morgan fingerprint density at radius 3 is 1.88 bits per heavy atom. The monoisotopic (exact) mass is 341 g/mol. The van der Waals surface area contributed by atoms with Crippen molar-refractivity contribution >= 4 is 34.2 Å². The number of carboxylic acids is 1. The van der Waals surface area contributed by atoms with Gasteiger partial charge in [-0.3, -0.25) is 0 Å². The zero-order valence-electron chi connectivity index (χ0n) is 9.01. The summed E-state index contributed by atoms with van der Waals surface area (Å²) in [5.41, 5.74) is 6.54. The molecule has 0 saturated heterocycles. The third-order valence-electron chi connectivity index (χ3n) is 1.90. The van der Waals surface area contributed by atoms with E-state index in [1.165, 1.54) is 0 Å². The van der Waals surface area contributed by atoms with Gasteiger partial charge in [0.2, 0.25) is 0 Å². The Kier molecular flexibility index (Phi) is 5.48. The lowest BCUT2D eigenvalue weighted by molar-refractivity contribution is 0.0695. The molecular weight excluding hydrogens is 329 g/mol. The Morgan fingerprint density at radius 1 is 1.00 bits per heavy atom. The van der Waals surface area contributed by atoms with Crippen molar-refractivity contribution in [1.29, 1.82) is 0 Å². The Hall–Kier alpha value is -1.56. The zero-order chi connectivity index (χ0) is 12.7. The molecule has 0 unspecified atom stereocenters. The van der Waals surface area contributed by atoms with Crippen molar-refractivity contribution in [1.82, 2.24) is 0 Å². The summed E-state index contributed by atoms with van der Waals surface area (Å²) in [6.45, 7) is 0. The van der Waals surface area contributed by atoms with Crippen molar-refractivity contribution in [2.24, 2.45) is 0 Å². The fourth-order valence-corrected chi connectivity index (χ4v) is 1.71. The number of carbonyl (C=O) groups is 1. The van der Waals surface area contributed by atoms with Crippen molar-refractivity contribution in [3.05, 3.63) is 63.7 Å². The molecule has 0 aliphatic rings. The first-order chi connectivity index (χ1) is 8.11. The first-order valence-electron chi connectivity index (χ1n) is 4.89. The number of aromatic carboxylic acids is 1. The summed E-state index contributed by atoms with van der Waals surface area (Å²) < 4.78 is 0.771. The normalized spacial score (nSPS) is 9.00. The van der Waals surface area contributed by atoms with Crippen LogP contribution < -0.4 is 5.73 Å². The van der Waals surface area contributed by atoms with E-state index in [4.69, 9.17) is 10.8 Å². The molecule has 0 radical (unpaired) electrons. The second kappa shape index (κ2) is 6.90. The predicted molar refractivity (Wildman–Crippen MR) is 77.0 cm³/mol. The van der Waals surface area contributed by atoms with E-state index in [1.807, 2.05) is 59.0 Å². The van der Waals surface area contributed by atoms with E-state index in [0.717, 1.165) is 9.26 Å². The van der Waals surface area contributed by atoms with Gasteiger partial charge in [-0.2, -0.15) is 0 Å². The van der Waals surface area contributed by atoms with Gasteiger partial charge in [-0.1, -0.05) is 30.3 Å². The second-order valence-corrected chi connectivity index (χ2v) is 4.36. The summed E-state index contributed by atoms with van der Waals surface area (Å²) in [4.78, 5) is 10.4. The number of carboxylic acid groups (broad SMARTS) is 1. The first kappa shape index (κ1) is 13.5. The molecule has 0 fully saturated rings. The third kappa shape index (κ3) is 4.86. The molecule has 2 aromatic carbocycles. The van der Waals surface area contributed by atoms with Crippen molar-refractivity contribution in [2.45, 2.75) is 0 Å². The fourth-order valence-electron chi connectivity index (χ4n) is 1.09. The molecule has 3 nitrogen and oxygen atoms in total. The largest absolute Gasteiger partial charge is 0.478 e. The number of anilines is 1. The van der Waals surface area contributed by atoms with Gasteiger partial charge in [0.25, 0.3) is 0 Å². The first-order valence-corrected chi connectivity index (χ1v) is 5.97. The molecule has 0 aliphatic heterocycles. The van der Waals surface area contributed by atoms with Crippen LogP contribution in [0.5, 0.6) is 0 Å². The van der Waals surface area contributed by atoms with E-state index in [0.29, 0.717) is 5.56 Å². The number of nitrogens with two attached hydrogens (primary N) is 1. The van der Waals surface area contributed by atoms with Crippen LogP contribution in [0.4, 0.5) is 5.69 Å². The van der Waals surface area contributed by atoms with Crippen molar-refractivity contribution in [3.8, 4) is 0 Å². The molecule has 0 heterocycles. The fraction of sp³-hybridized carbons (Fsp3) is 0. The number of hydrogen-bond donors (Lipinski definition) is 2. The number of rotatable bonds is 1. The van der Waals surface area contributed by atoms with E-state index in [9.17, 15) is 4.79 Å². The lowest BCUT2D eigenvalue weighted by Gasteiger charge is -1.94. The Labute approximate surface area is 113 Å². The average molecular weight is 341 g/mol. The Balaban J connectivity index is 0.000000181. The minimum Gasteiger partial charge on any atom is -0.478 e. The molecular formula is C13H12INO2. The van der Waals surface area contributed by atoms with E-state index >= 15 is 0 Å². The van der Waals surface area contributed by atoms with Crippen LogP contribution in [0.1, 0.15) is 10.4 Å². The lowest BCUT2D eigenvalue weighted by Crippen LogP contribution is -1.97. The molecule has 2 aromatic rings. The zero-order valence-corrected chi connectivity index (χ0v) is 11.2. The predicted octanol–water partition coefficient (Wildman–Crippen LogP) is 3.26. The Morgan fingerprint density at radius 2 is 1.53 bits per heavy atom. The van der Waals surface area contributed by atoms with Crippen LogP contribution in [0.2, 0.25) is 0 Å². The summed E-state index contributed by atoms with van der Waals surface area (Å²) in [6.07, 6.45) is 0. The maximum absolute atomic E-state index is 10.4. The molecule has 88 valence electrons. The molecule has 0 atom stereocenters. The van der Waals surface area contributed by atoms with Gasteiger partial charge in [-0.05, 0) is 46.9 Å². The molecule has 0 saturated carbocycles. The molecule has 0 amide bonds. The summed E-state index contributed by atoms with van der Waals surface area (Å²) in [5, 5.41) is 8.56. The molecule has 4 heteroatoms. The van der Waals surface area contributed by atoms with E-state index in [-0.39, 0.29) is 0 Å². The highest BCUT2D eigenvalue weighted by Gasteiger charge is 2.04. The number of halogens is 1. The smallest absolute Gasteiger partial charge is 0.336 e. The van der Waals surface area contributed by atoms with E-state index in [2.05, 4.69) is 0 Å². The van der Waals surface area contributed by atoms with Gasteiger partial charge < -0.3 is 10.8 Å². The topological polar surface area (TPSA) is 63.3 Å². The highest BCUT2D eigenvalue weighted by molar-refractivity contribution is 14.1. The van der Waals surface area contributed by atoms with Gasteiger partial charge in [0.1, 0.15) is 0 Å². The summed E-state index contributed by atoms with van der Waals surface area (Å²) >= 11 is 1.99. The van der Waals surface area contributed by atoms with Crippen molar-refractivity contribution < 1.29 is 9.90 Å². The summed E-state index contributed by atoms with van der Waals surface area (Å²) in [7, 11) is 0. The third-order valence-corrected chi connectivity index (χ3v) is 2.84. The van der Waals surface area contributed by atoms with Gasteiger partial charge in [-0.25, -0.2) is 4.79 Å². The van der Waals surface area contributed by atoms with Crippen LogP contribution in [0, 0.1) is 3.57 Å². The minimum absolute atomic E-state index is 0.364. The van der Waals surface area contributed by atoms with Gasteiger partial charge in [0, 0.05) is 9.26 Å². The summed E-state index contributed by atoms with van der Waals surface area (Å²) in [6, 6.07) is 16.4. The van der Waals surface area contributed by atoms with E-state index in [1.54, 1.807) is 18.2 Å². The number of hydrogen-bond acceptors (Lipinski definition) is 2. The molecule has 0 spiro atoms. The highest BCUT2D eigenvalue weighted by atomic mass is 127. The number of benzene rings is 2. The second-order valence-electron chi connectivity index (χ2n) is 3.20. The van der Waals surface area contributed by atoms with Gasteiger partial charge in [0.05, 0.1) is 5.56 Å². The van der Waals surface area contributed by atoms with Crippen LogP contribution in [0.3, 0.4) is 0 Å². The maximum Gasteiger partial charge on any atom is 0.336 e. The average Bonchev–Trinajstić information content (AvgIpc) is 2.31. The van der Waals surface area contributed by atoms with Crippen LogP contribution in [0.15, 0.2) is 54.6 Å². The molecule has 0 aromatic heterocycles. The Bertz CT molecular complexity index is 486. The van der Waals surface area contributed by atoms with Crippen LogP contribution >= 0.6 is 22.6 Å². The van der Waals surface area contributed by atoms with E-state index < -0.39 is 5.97 Å². The molecule has 3 N–H and O–H groups in total. The standard InChI is InChI=1S/C7H5IO2.C6H7N/c8-6-4-2-1-3-5(6)7(9)10;7-6-4-2-1-3-5-6/h1-4H,(H,9,10);1-5H,7H2. The van der Waals surface area contributed by atoms with Gasteiger partial charge in [-0.15, -0.1) is 0 Å². The van der Waals surface area contributed by atoms with Crippen LogP contribution in [-0.4, -0.2) is 11.1 Å². The molecule has 17 heavy (non-hydrogen) atoms. The molecule has 2 rings (SSSR count). The van der Waals surface area contributed by atoms with Crippen LogP contribution in [-0.2, 0) is 0 Å². The van der Waals surface area contributed by atoms with Crippen molar-refractivity contribution in [2.75, 3.05) is 5.73 Å². The lowest BCUT2D eigenvalue weighted by atomic mass is 10.2. The van der Waals surface area contributed by atoms with Gasteiger partial charge >= 0.3 is 5.97 Å².